The Morgan fingerprint density at radius 2 is 1.62 bits per heavy atom. The zero-order chi connectivity index (χ0) is 20.8. The molecule has 8 heteroatoms. The minimum atomic E-state index is -0.848. The molecule has 0 spiro atoms. The molecule has 0 saturated carbocycles. The van der Waals surface area contributed by atoms with Gasteiger partial charge < -0.3 is 24.1 Å². The van der Waals surface area contributed by atoms with Crippen LogP contribution in [0.5, 0.6) is 0 Å². The molecule has 0 radical (unpaired) electrons. The number of para-hydroxylation sites is 1. The van der Waals surface area contributed by atoms with E-state index in [1.807, 2.05) is 44.2 Å². The van der Waals surface area contributed by atoms with Gasteiger partial charge >= 0.3 is 0 Å². The lowest BCUT2D eigenvalue weighted by Crippen LogP contribution is -2.46. The summed E-state index contributed by atoms with van der Waals surface area (Å²) < 4.78 is 23.8. The molecule has 0 bridgehead atoms. The quantitative estimate of drug-likeness (QED) is 0.697. The van der Waals surface area contributed by atoms with Gasteiger partial charge in [0.2, 0.25) is 0 Å². The van der Waals surface area contributed by atoms with Crippen molar-refractivity contribution in [3.63, 3.8) is 0 Å². The number of benzene rings is 1. The van der Waals surface area contributed by atoms with Crippen LogP contribution in [0.1, 0.15) is 27.7 Å². The maximum absolute atomic E-state index is 10.5. The monoisotopic (exact) mass is 404 g/mol. The summed E-state index contributed by atoms with van der Waals surface area (Å²) in [6.45, 7) is 7.17. The van der Waals surface area contributed by atoms with E-state index in [0.717, 1.165) is 15.6 Å². The zero-order valence-corrected chi connectivity index (χ0v) is 17.1. The van der Waals surface area contributed by atoms with E-state index in [-0.39, 0.29) is 13.2 Å². The third kappa shape index (κ3) is 4.37. The molecule has 0 amide bonds. The summed E-state index contributed by atoms with van der Waals surface area (Å²) in [7, 11) is 0. The third-order valence-electron chi connectivity index (χ3n) is 5.08. The molecule has 3 aliphatic rings. The summed E-state index contributed by atoms with van der Waals surface area (Å²) in [6.07, 6.45) is 1.41. The van der Waals surface area contributed by atoms with Gasteiger partial charge in [0.25, 0.3) is 0 Å². The van der Waals surface area contributed by atoms with Crippen molar-refractivity contribution in [3.8, 4) is 0 Å². The molecule has 0 aliphatic carbocycles. The van der Waals surface area contributed by atoms with Crippen molar-refractivity contribution < 1.29 is 29.3 Å². The Balaban J connectivity index is 1.50. The Labute approximate surface area is 169 Å². The van der Waals surface area contributed by atoms with E-state index in [9.17, 15) is 10.3 Å². The van der Waals surface area contributed by atoms with E-state index >= 15 is 0 Å². The second-order valence-electron chi connectivity index (χ2n) is 8.45. The molecule has 2 saturated heterocycles. The van der Waals surface area contributed by atoms with Crippen LogP contribution in [0.25, 0.3) is 6.08 Å². The second-order valence-corrected chi connectivity index (χ2v) is 8.45. The number of aliphatic hydroxyl groups excluding tert-OH is 1. The molecule has 3 aliphatic heterocycles. The SMILES string of the molecule is CC1(C)O[C@H]([C@@H]2OC(C)(C)O[C@@H]2CO)[C@@H](CN(O)/C=C2/C=c3ccccc3=N2)O1. The Kier molecular flexibility index (Phi) is 5.27. The van der Waals surface area contributed by atoms with E-state index in [0.29, 0.717) is 5.70 Å². The van der Waals surface area contributed by atoms with Crippen LogP contribution in [0.4, 0.5) is 0 Å². The number of aliphatic hydroxyl groups is 1. The minimum Gasteiger partial charge on any atom is -0.394 e. The van der Waals surface area contributed by atoms with E-state index < -0.39 is 36.0 Å². The highest BCUT2D eigenvalue weighted by atomic mass is 16.8. The number of ether oxygens (including phenoxy) is 4. The average Bonchev–Trinajstić information content (AvgIpc) is 3.26. The summed E-state index contributed by atoms with van der Waals surface area (Å²) in [5, 5.41) is 23.2. The van der Waals surface area contributed by atoms with Gasteiger partial charge in [-0.1, -0.05) is 18.2 Å². The molecule has 4 atom stereocenters. The number of allylic oxidation sites excluding steroid dienone is 1. The lowest BCUT2D eigenvalue weighted by atomic mass is 10.0. The van der Waals surface area contributed by atoms with Gasteiger partial charge in [0.05, 0.1) is 30.4 Å². The van der Waals surface area contributed by atoms with Crippen LogP contribution in [0.3, 0.4) is 0 Å². The molecular weight excluding hydrogens is 376 g/mol. The highest BCUT2D eigenvalue weighted by molar-refractivity contribution is 5.48. The average molecular weight is 404 g/mol. The Morgan fingerprint density at radius 3 is 2.28 bits per heavy atom. The molecule has 0 aromatic heterocycles. The Morgan fingerprint density at radius 1 is 1.00 bits per heavy atom. The van der Waals surface area contributed by atoms with Crippen molar-refractivity contribution in [2.45, 2.75) is 63.7 Å². The van der Waals surface area contributed by atoms with Crippen molar-refractivity contribution in [1.29, 1.82) is 0 Å². The van der Waals surface area contributed by atoms with Crippen molar-refractivity contribution in [2.24, 2.45) is 4.99 Å². The number of fused-ring (bicyclic) bond motifs is 1. The summed E-state index contributed by atoms with van der Waals surface area (Å²) in [5.74, 6) is -1.68. The number of nitrogens with zero attached hydrogens (tertiary/aromatic N) is 2. The lowest BCUT2D eigenvalue weighted by Gasteiger charge is -2.27. The molecule has 4 rings (SSSR count). The summed E-state index contributed by atoms with van der Waals surface area (Å²) >= 11 is 0. The first-order valence-corrected chi connectivity index (χ1v) is 9.81. The molecule has 3 heterocycles. The van der Waals surface area contributed by atoms with Gasteiger partial charge in [0.1, 0.15) is 24.4 Å². The number of hydroxylamine groups is 2. The van der Waals surface area contributed by atoms with Crippen LogP contribution < -0.4 is 10.6 Å². The highest BCUT2D eigenvalue weighted by Gasteiger charge is 2.53. The summed E-state index contributed by atoms with van der Waals surface area (Å²) in [6, 6.07) is 7.77. The third-order valence-corrected chi connectivity index (χ3v) is 5.08. The standard InChI is InChI=1S/C21H28N2O6/c1-20(2)26-16(18(28-20)19-17(12-24)27-21(3,4)29-19)11-23(25)10-14-9-13-7-5-6-8-15(13)22-14/h5-10,16-19,24-25H,11-12H2,1-4H3/b14-10-/t16-,17-,18+,19-/m1/s1. The van der Waals surface area contributed by atoms with Crippen molar-refractivity contribution >= 4 is 6.08 Å². The van der Waals surface area contributed by atoms with Crippen molar-refractivity contribution in [1.82, 2.24) is 5.06 Å². The van der Waals surface area contributed by atoms with Gasteiger partial charge in [0, 0.05) is 5.22 Å². The molecule has 1 aromatic rings. The molecule has 158 valence electrons. The van der Waals surface area contributed by atoms with Crippen LogP contribution >= 0.6 is 0 Å². The van der Waals surface area contributed by atoms with E-state index in [4.69, 9.17) is 18.9 Å². The first-order valence-electron chi connectivity index (χ1n) is 9.81. The lowest BCUT2D eigenvalue weighted by molar-refractivity contribution is -0.175. The van der Waals surface area contributed by atoms with Gasteiger partial charge in [-0.15, -0.1) is 0 Å². The van der Waals surface area contributed by atoms with Gasteiger partial charge in [-0.05, 0) is 39.8 Å². The van der Waals surface area contributed by atoms with Crippen LogP contribution in [0.2, 0.25) is 0 Å². The largest absolute Gasteiger partial charge is 0.394 e. The molecule has 29 heavy (non-hydrogen) atoms. The van der Waals surface area contributed by atoms with Gasteiger partial charge in [0.15, 0.2) is 11.6 Å². The van der Waals surface area contributed by atoms with Gasteiger partial charge in [-0.2, -0.15) is 0 Å². The maximum atomic E-state index is 10.5. The van der Waals surface area contributed by atoms with Crippen LogP contribution in [-0.2, 0) is 18.9 Å². The van der Waals surface area contributed by atoms with Crippen molar-refractivity contribution in [3.05, 3.63) is 46.7 Å². The fraction of sp³-hybridized carbons (Fsp3) is 0.571. The molecule has 2 N–H and O–H groups in total. The van der Waals surface area contributed by atoms with E-state index in [1.54, 1.807) is 20.0 Å². The van der Waals surface area contributed by atoms with Crippen LogP contribution in [0.15, 0.2) is 41.2 Å². The molecule has 2 fully saturated rings. The summed E-state index contributed by atoms with van der Waals surface area (Å²) in [5.41, 5.74) is 0.651. The fourth-order valence-electron chi connectivity index (χ4n) is 4.06. The van der Waals surface area contributed by atoms with Gasteiger partial charge in [-0.3, -0.25) is 10.3 Å². The fourth-order valence-corrected chi connectivity index (χ4v) is 4.06. The number of hydrogen-bond acceptors (Lipinski definition) is 8. The number of rotatable bonds is 5. The first-order chi connectivity index (χ1) is 13.7. The van der Waals surface area contributed by atoms with Crippen molar-refractivity contribution in [2.75, 3.05) is 13.2 Å². The predicted octanol–water partition coefficient (Wildman–Crippen LogP) is 0.665. The maximum Gasteiger partial charge on any atom is 0.164 e. The predicted molar refractivity (Wildman–Crippen MR) is 103 cm³/mol. The zero-order valence-electron chi connectivity index (χ0n) is 17.1. The minimum absolute atomic E-state index is 0.149. The normalized spacial score (nSPS) is 33.4. The smallest absolute Gasteiger partial charge is 0.164 e. The molecular formula is C21H28N2O6. The number of hydrogen-bond donors (Lipinski definition) is 2. The second kappa shape index (κ2) is 7.46. The molecule has 8 nitrogen and oxygen atoms in total. The first kappa shape index (κ1) is 20.5. The highest BCUT2D eigenvalue weighted by Crippen LogP contribution is 2.38. The van der Waals surface area contributed by atoms with Crippen LogP contribution in [-0.4, -0.2) is 64.5 Å². The molecule has 1 aromatic carbocycles. The van der Waals surface area contributed by atoms with E-state index in [1.165, 1.54) is 0 Å². The molecule has 0 unspecified atom stereocenters. The topological polar surface area (TPSA) is 93.0 Å². The summed E-state index contributed by atoms with van der Waals surface area (Å²) in [4.78, 5) is 4.49. The van der Waals surface area contributed by atoms with E-state index in [2.05, 4.69) is 4.99 Å². The Bertz CT molecular complexity index is 875. The van der Waals surface area contributed by atoms with Crippen LogP contribution in [0, 0.1) is 0 Å². The Hall–Kier alpha value is -1.81. The van der Waals surface area contributed by atoms with Gasteiger partial charge in [-0.25, -0.2) is 4.99 Å².